The first-order valence-electron chi connectivity index (χ1n) is 7.62. The Morgan fingerprint density at radius 1 is 1.08 bits per heavy atom. The van der Waals surface area contributed by atoms with Crippen LogP contribution in [0.5, 0.6) is 11.5 Å². The molecule has 2 aromatic carbocycles. The van der Waals surface area contributed by atoms with Crippen LogP contribution in [0.1, 0.15) is 11.1 Å². The van der Waals surface area contributed by atoms with E-state index in [4.69, 9.17) is 19.6 Å². The lowest BCUT2D eigenvalue weighted by Gasteiger charge is -2.14. The van der Waals surface area contributed by atoms with Gasteiger partial charge in [0.05, 0.1) is 29.9 Å². The zero-order valence-corrected chi connectivity index (χ0v) is 16.0. The molecule has 4 nitrogen and oxygen atoms in total. The molecule has 0 spiro atoms. The van der Waals surface area contributed by atoms with Gasteiger partial charge in [0, 0.05) is 12.7 Å². The predicted octanol–water partition coefficient (Wildman–Crippen LogP) is 3.51. The van der Waals surface area contributed by atoms with Crippen molar-refractivity contribution in [3.8, 4) is 11.5 Å². The van der Waals surface area contributed by atoms with Crippen LogP contribution in [-0.2, 0) is 17.6 Å². The Morgan fingerprint density at radius 2 is 1.68 bits per heavy atom. The summed E-state index contributed by atoms with van der Waals surface area (Å²) in [5.41, 5.74) is 2.03. The maximum absolute atomic E-state index is 10.9. The van der Waals surface area contributed by atoms with Crippen molar-refractivity contribution in [3.05, 3.63) is 59.7 Å². The molecule has 0 fully saturated rings. The van der Waals surface area contributed by atoms with Crippen molar-refractivity contribution < 1.29 is 18.8 Å². The smallest absolute Gasteiger partial charge is 0.137 e. The highest BCUT2D eigenvalue weighted by Gasteiger charge is 2.10. The summed E-state index contributed by atoms with van der Waals surface area (Å²) in [6.07, 6.45) is 2.97. The molecular weight excluding hydrogens is 380 g/mol. The normalized spacial score (nSPS) is 11.8. The summed E-state index contributed by atoms with van der Waals surface area (Å²) in [5.74, 6) is 0.438. The predicted molar refractivity (Wildman–Crippen MR) is 102 cm³/mol. The van der Waals surface area contributed by atoms with Crippen molar-refractivity contribution in [3.63, 3.8) is 0 Å². The summed E-state index contributed by atoms with van der Waals surface area (Å²) in [6.45, 7) is 0.557. The minimum Gasteiger partial charge on any atom is -0.549 e. The van der Waals surface area contributed by atoms with Crippen LogP contribution in [0, 0.1) is 0 Å². The average molecular weight is 398 g/mol. The first-order chi connectivity index (χ1) is 12.1. The Bertz CT molecular complexity index is 662. The summed E-state index contributed by atoms with van der Waals surface area (Å²) in [6, 6.07) is 15.2. The number of halogens is 1. The lowest BCUT2D eigenvalue weighted by atomic mass is 10.1. The van der Waals surface area contributed by atoms with Crippen LogP contribution in [0.25, 0.3) is 0 Å². The molecule has 7 heteroatoms. The van der Waals surface area contributed by atoms with Gasteiger partial charge in [-0.25, -0.2) is 0 Å². The Balaban J connectivity index is 1.80. The molecule has 0 heterocycles. The number of hydrogen-bond donors (Lipinski definition) is 0. The third-order valence-corrected chi connectivity index (χ3v) is 5.06. The standard InChI is InChI=1S/C18H19ClO4S2/c1-24-23-16-8-6-15(7-9-16)22-11-10-13-2-4-14(5-3-13)12-17(25-19)18(20)21/h2-9,17H,10-12H2,1H3,(H,20,21)/p-1. The second-order valence-corrected chi connectivity index (χ2v) is 7.02. The van der Waals surface area contributed by atoms with Crippen molar-refractivity contribution in [1.82, 2.24) is 0 Å². The minimum atomic E-state index is -1.15. The van der Waals surface area contributed by atoms with Gasteiger partial charge in [-0.05, 0) is 63.5 Å². The summed E-state index contributed by atoms with van der Waals surface area (Å²) in [4.78, 5) is 10.9. The third kappa shape index (κ3) is 6.72. The number of carbonyl (C=O) groups excluding carboxylic acids is 1. The van der Waals surface area contributed by atoms with Crippen molar-refractivity contribution in [1.29, 1.82) is 0 Å². The van der Waals surface area contributed by atoms with Crippen molar-refractivity contribution in [2.75, 3.05) is 12.9 Å². The second kappa shape index (κ2) is 10.5. The molecule has 0 aliphatic carbocycles. The topological polar surface area (TPSA) is 58.6 Å². The highest BCUT2D eigenvalue weighted by Crippen LogP contribution is 2.21. The molecule has 1 atom stereocenters. The minimum absolute atomic E-state index is 0.345. The van der Waals surface area contributed by atoms with Crippen LogP contribution in [0.15, 0.2) is 48.5 Å². The highest BCUT2D eigenvalue weighted by molar-refractivity contribution is 8.22. The number of carbonyl (C=O) groups is 1. The molecular formula is C18H18ClO4S2-. The van der Waals surface area contributed by atoms with Crippen molar-refractivity contribution in [2.45, 2.75) is 18.1 Å². The van der Waals surface area contributed by atoms with Gasteiger partial charge in [-0.2, -0.15) is 0 Å². The molecule has 0 aliphatic rings. The number of carboxylic acids is 1. The van der Waals surface area contributed by atoms with Gasteiger partial charge in [0.25, 0.3) is 0 Å². The zero-order valence-electron chi connectivity index (χ0n) is 13.6. The summed E-state index contributed by atoms with van der Waals surface area (Å²) in [5, 5.41) is 10.2. The molecule has 0 amide bonds. The molecule has 0 radical (unpaired) electrons. The van der Waals surface area contributed by atoms with Crippen LogP contribution in [-0.4, -0.2) is 24.1 Å². The van der Waals surface area contributed by atoms with E-state index in [2.05, 4.69) is 0 Å². The highest BCUT2D eigenvalue weighted by atomic mass is 35.7. The van der Waals surface area contributed by atoms with E-state index in [-0.39, 0.29) is 0 Å². The van der Waals surface area contributed by atoms with Gasteiger partial charge in [-0.3, -0.25) is 0 Å². The molecule has 134 valence electrons. The molecule has 2 aromatic rings. The first kappa shape index (κ1) is 19.8. The van der Waals surface area contributed by atoms with E-state index in [0.29, 0.717) is 13.0 Å². The lowest BCUT2D eigenvalue weighted by Crippen LogP contribution is -2.34. The molecule has 0 saturated heterocycles. The van der Waals surface area contributed by atoms with E-state index in [9.17, 15) is 9.90 Å². The molecule has 0 aliphatic heterocycles. The lowest BCUT2D eigenvalue weighted by molar-refractivity contribution is -0.304. The number of carboxylic acid groups (broad SMARTS) is 1. The Hall–Kier alpha value is -1.50. The fourth-order valence-corrected chi connectivity index (χ4v) is 3.22. The summed E-state index contributed by atoms with van der Waals surface area (Å²) < 4.78 is 11.0. The van der Waals surface area contributed by atoms with E-state index >= 15 is 0 Å². The largest absolute Gasteiger partial charge is 0.549 e. The first-order valence-corrected chi connectivity index (χ1v) is 10.5. The second-order valence-electron chi connectivity index (χ2n) is 5.24. The monoisotopic (exact) mass is 397 g/mol. The van der Waals surface area contributed by atoms with E-state index in [0.717, 1.165) is 40.0 Å². The van der Waals surface area contributed by atoms with Crippen LogP contribution >= 0.6 is 33.7 Å². The zero-order chi connectivity index (χ0) is 18.1. The van der Waals surface area contributed by atoms with E-state index in [1.807, 2.05) is 54.8 Å². The maximum Gasteiger partial charge on any atom is 0.137 e. The van der Waals surface area contributed by atoms with Gasteiger partial charge in [-0.1, -0.05) is 24.3 Å². The quantitative estimate of drug-likeness (QED) is 0.572. The number of benzene rings is 2. The molecule has 0 saturated carbocycles. The molecule has 2 rings (SSSR count). The maximum atomic E-state index is 10.9. The van der Waals surface area contributed by atoms with Crippen LogP contribution in [0.3, 0.4) is 0 Å². The van der Waals surface area contributed by atoms with Gasteiger partial charge in [0.2, 0.25) is 0 Å². The number of rotatable bonds is 10. The van der Waals surface area contributed by atoms with Gasteiger partial charge in [-0.15, -0.1) is 0 Å². The molecule has 0 N–H and O–H groups in total. The molecule has 0 aromatic heterocycles. The Morgan fingerprint density at radius 3 is 2.24 bits per heavy atom. The molecule has 25 heavy (non-hydrogen) atoms. The Labute approximate surface area is 160 Å². The van der Waals surface area contributed by atoms with Crippen LogP contribution < -0.4 is 14.0 Å². The van der Waals surface area contributed by atoms with Gasteiger partial charge < -0.3 is 18.8 Å². The van der Waals surface area contributed by atoms with Gasteiger partial charge in [0.1, 0.15) is 11.5 Å². The van der Waals surface area contributed by atoms with Crippen LogP contribution in [0.4, 0.5) is 0 Å². The number of aliphatic carboxylic acids is 1. The summed E-state index contributed by atoms with van der Waals surface area (Å²) in [7, 11) is 6.34. The van der Waals surface area contributed by atoms with Crippen LogP contribution in [0.2, 0.25) is 0 Å². The summed E-state index contributed by atoms with van der Waals surface area (Å²) >= 11 is 1.30. The fourth-order valence-electron chi connectivity index (χ4n) is 2.18. The van der Waals surface area contributed by atoms with Gasteiger partial charge in [0.15, 0.2) is 0 Å². The van der Waals surface area contributed by atoms with E-state index in [1.165, 1.54) is 12.0 Å². The van der Waals surface area contributed by atoms with E-state index in [1.54, 1.807) is 0 Å². The number of hydrogen-bond acceptors (Lipinski definition) is 6. The SMILES string of the molecule is CSOc1ccc(OCCc2ccc(CC(SCl)C(=O)[O-])cc2)cc1. The Kier molecular flexibility index (Phi) is 8.31. The number of ether oxygens (including phenoxy) is 1. The molecule has 1 unspecified atom stereocenters. The van der Waals surface area contributed by atoms with Crippen molar-refractivity contribution in [2.24, 2.45) is 0 Å². The average Bonchev–Trinajstić information content (AvgIpc) is 2.62. The molecule has 0 bridgehead atoms. The van der Waals surface area contributed by atoms with E-state index < -0.39 is 11.2 Å². The van der Waals surface area contributed by atoms with Crippen molar-refractivity contribution >= 4 is 39.7 Å². The van der Waals surface area contributed by atoms with Gasteiger partial charge >= 0.3 is 0 Å². The fraction of sp³-hybridized carbons (Fsp3) is 0.278. The third-order valence-electron chi connectivity index (χ3n) is 3.48.